The second-order valence-electron chi connectivity index (χ2n) is 3.02. The Morgan fingerprint density at radius 2 is 1.91 bits per heavy atom. The molecule has 0 N–H and O–H groups in total. The maximum atomic E-state index is 13.5. The van der Waals surface area contributed by atoms with Crippen molar-refractivity contribution in [1.82, 2.24) is 0 Å². The van der Waals surface area contributed by atoms with Gasteiger partial charge >= 0.3 is 5.97 Å². The van der Waals surface area contributed by atoms with Gasteiger partial charge in [0.1, 0.15) is 0 Å². The second kappa shape index (κ2) is 3.20. The topological polar surface area (TPSA) is 26.3 Å². The molecule has 0 unspecified atom stereocenters. The zero-order valence-corrected chi connectivity index (χ0v) is 6.73. The fourth-order valence-electron chi connectivity index (χ4n) is 1.50. The predicted molar refractivity (Wildman–Crippen MR) is 38.9 cm³/mol. The van der Waals surface area contributed by atoms with Crippen LogP contribution in [0.1, 0.15) is 32.1 Å². The highest BCUT2D eigenvalue weighted by Gasteiger charge is 2.40. The van der Waals surface area contributed by atoms with Crippen LogP contribution >= 0.6 is 0 Å². The monoisotopic (exact) mass is 160 g/mol. The highest BCUT2D eigenvalue weighted by atomic mass is 19.1. The molecule has 0 radical (unpaired) electrons. The number of halogens is 1. The van der Waals surface area contributed by atoms with Crippen molar-refractivity contribution in [2.24, 2.45) is 0 Å². The molecule has 0 aliphatic heterocycles. The molecule has 0 amide bonds. The molecule has 1 saturated carbocycles. The van der Waals surface area contributed by atoms with Gasteiger partial charge in [-0.05, 0) is 25.7 Å². The summed E-state index contributed by atoms with van der Waals surface area (Å²) >= 11 is 0. The van der Waals surface area contributed by atoms with Crippen LogP contribution in [0.4, 0.5) is 4.39 Å². The Hall–Kier alpha value is -0.600. The molecule has 3 heteroatoms. The van der Waals surface area contributed by atoms with Crippen LogP contribution in [0.15, 0.2) is 0 Å². The van der Waals surface area contributed by atoms with Gasteiger partial charge in [0.15, 0.2) is 0 Å². The molecule has 0 aromatic rings. The molecule has 0 saturated heterocycles. The van der Waals surface area contributed by atoms with Crippen molar-refractivity contribution < 1.29 is 13.9 Å². The largest absolute Gasteiger partial charge is 0.467 e. The first kappa shape index (κ1) is 8.50. The van der Waals surface area contributed by atoms with Gasteiger partial charge in [-0.3, -0.25) is 0 Å². The quantitative estimate of drug-likeness (QED) is 0.547. The molecular formula is C8H13FO2. The van der Waals surface area contributed by atoms with Crippen LogP contribution in [0, 0.1) is 0 Å². The van der Waals surface area contributed by atoms with Gasteiger partial charge in [0.25, 0.3) is 0 Å². The lowest BCUT2D eigenvalue weighted by Gasteiger charge is -2.26. The maximum absolute atomic E-state index is 13.5. The van der Waals surface area contributed by atoms with Crippen molar-refractivity contribution in [2.75, 3.05) is 7.11 Å². The average Bonchev–Trinajstić information content (AvgIpc) is 2.04. The highest BCUT2D eigenvalue weighted by Crippen LogP contribution is 2.32. The predicted octanol–water partition coefficient (Wildman–Crippen LogP) is 1.83. The van der Waals surface area contributed by atoms with Crippen molar-refractivity contribution in [1.29, 1.82) is 0 Å². The molecule has 0 aromatic carbocycles. The van der Waals surface area contributed by atoms with Gasteiger partial charge < -0.3 is 4.74 Å². The van der Waals surface area contributed by atoms with Crippen molar-refractivity contribution in [3.63, 3.8) is 0 Å². The smallest absolute Gasteiger partial charge is 0.343 e. The first-order valence-corrected chi connectivity index (χ1v) is 3.96. The van der Waals surface area contributed by atoms with E-state index in [1.54, 1.807) is 0 Å². The van der Waals surface area contributed by atoms with Gasteiger partial charge in [-0.2, -0.15) is 0 Å². The van der Waals surface area contributed by atoms with E-state index >= 15 is 0 Å². The zero-order valence-electron chi connectivity index (χ0n) is 6.73. The lowest BCUT2D eigenvalue weighted by Crippen LogP contribution is -2.36. The summed E-state index contributed by atoms with van der Waals surface area (Å²) in [7, 11) is 1.23. The lowest BCUT2D eigenvalue weighted by atomic mass is 9.86. The first-order chi connectivity index (χ1) is 5.19. The van der Waals surface area contributed by atoms with Crippen LogP contribution in [-0.2, 0) is 9.53 Å². The van der Waals surface area contributed by atoms with Gasteiger partial charge in [0, 0.05) is 0 Å². The minimum Gasteiger partial charge on any atom is -0.467 e. The number of hydrogen-bond acceptors (Lipinski definition) is 2. The third-order valence-electron chi connectivity index (χ3n) is 2.20. The van der Waals surface area contributed by atoms with Crippen molar-refractivity contribution in [3.8, 4) is 0 Å². The summed E-state index contributed by atoms with van der Waals surface area (Å²) in [5.74, 6) is -0.697. The van der Waals surface area contributed by atoms with Crippen LogP contribution < -0.4 is 0 Å². The fourth-order valence-corrected chi connectivity index (χ4v) is 1.50. The van der Waals surface area contributed by atoms with Gasteiger partial charge in [0.05, 0.1) is 7.11 Å². The first-order valence-electron chi connectivity index (χ1n) is 3.96. The SMILES string of the molecule is COC(=O)C1(F)CCCCC1. The van der Waals surface area contributed by atoms with Gasteiger partial charge in [-0.1, -0.05) is 6.42 Å². The van der Waals surface area contributed by atoms with E-state index in [9.17, 15) is 9.18 Å². The number of hydrogen-bond donors (Lipinski definition) is 0. The van der Waals surface area contributed by atoms with E-state index in [0.29, 0.717) is 12.8 Å². The minimum atomic E-state index is -1.67. The summed E-state index contributed by atoms with van der Waals surface area (Å²) in [6.45, 7) is 0. The molecule has 64 valence electrons. The Bertz CT molecular complexity index is 150. The number of methoxy groups -OCH3 is 1. The van der Waals surface area contributed by atoms with Gasteiger partial charge in [0.2, 0.25) is 5.67 Å². The number of carbonyl (C=O) groups is 1. The summed E-state index contributed by atoms with van der Waals surface area (Å²) in [6.07, 6.45) is 3.29. The van der Waals surface area contributed by atoms with E-state index in [4.69, 9.17) is 0 Å². The summed E-state index contributed by atoms with van der Waals surface area (Å²) in [5, 5.41) is 0. The lowest BCUT2D eigenvalue weighted by molar-refractivity contribution is -0.156. The molecule has 1 rings (SSSR count). The standard InChI is InChI=1S/C8H13FO2/c1-11-7(10)8(9)5-3-2-4-6-8/h2-6H2,1H3. The average molecular weight is 160 g/mol. The highest BCUT2D eigenvalue weighted by molar-refractivity contribution is 5.79. The van der Waals surface area contributed by atoms with Gasteiger partial charge in [-0.15, -0.1) is 0 Å². The molecule has 1 aliphatic rings. The Balaban J connectivity index is 2.56. The molecule has 11 heavy (non-hydrogen) atoms. The van der Waals surface area contributed by atoms with Crippen molar-refractivity contribution in [3.05, 3.63) is 0 Å². The number of ether oxygens (including phenoxy) is 1. The minimum absolute atomic E-state index is 0.333. The van der Waals surface area contributed by atoms with Crippen molar-refractivity contribution >= 4 is 5.97 Å². The summed E-state index contributed by atoms with van der Waals surface area (Å²) < 4.78 is 17.9. The van der Waals surface area contributed by atoms with E-state index in [0.717, 1.165) is 19.3 Å². The van der Waals surface area contributed by atoms with Crippen LogP contribution in [-0.4, -0.2) is 18.7 Å². The fraction of sp³-hybridized carbons (Fsp3) is 0.875. The number of rotatable bonds is 1. The number of alkyl halides is 1. The maximum Gasteiger partial charge on any atom is 0.343 e. The molecule has 0 atom stereocenters. The Morgan fingerprint density at radius 1 is 1.36 bits per heavy atom. The third-order valence-corrected chi connectivity index (χ3v) is 2.20. The summed E-state index contributed by atoms with van der Waals surface area (Å²) in [4.78, 5) is 10.9. The van der Waals surface area contributed by atoms with Crippen LogP contribution in [0.5, 0.6) is 0 Å². The Morgan fingerprint density at radius 3 is 2.36 bits per heavy atom. The van der Waals surface area contributed by atoms with E-state index in [2.05, 4.69) is 4.74 Å². The second-order valence-corrected chi connectivity index (χ2v) is 3.02. The molecule has 0 heterocycles. The molecule has 1 fully saturated rings. The van der Waals surface area contributed by atoms with Gasteiger partial charge in [-0.25, -0.2) is 9.18 Å². The molecule has 0 bridgehead atoms. The zero-order chi connectivity index (χ0) is 8.32. The number of carbonyl (C=O) groups excluding carboxylic acids is 1. The third kappa shape index (κ3) is 1.70. The normalized spacial score (nSPS) is 22.7. The Labute approximate surface area is 65.7 Å². The number of esters is 1. The van der Waals surface area contributed by atoms with E-state index in [1.165, 1.54) is 7.11 Å². The van der Waals surface area contributed by atoms with Crippen molar-refractivity contribution in [2.45, 2.75) is 37.8 Å². The molecule has 2 nitrogen and oxygen atoms in total. The molecule has 0 aromatic heterocycles. The van der Waals surface area contributed by atoms with Crippen LogP contribution in [0.3, 0.4) is 0 Å². The van der Waals surface area contributed by atoms with Crippen LogP contribution in [0.2, 0.25) is 0 Å². The Kier molecular flexibility index (Phi) is 2.47. The summed E-state index contributed by atoms with van der Waals surface area (Å²) in [5.41, 5.74) is -1.67. The van der Waals surface area contributed by atoms with Crippen LogP contribution in [0.25, 0.3) is 0 Å². The molecule has 1 aliphatic carbocycles. The van der Waals surface area contributed by atoms with E-state index in [1.807, 2.05) is 0 Å². The van der Waals surface area contributed by atoms with E-state index < -0.39 is 11.6 Å². The molecule has 0 spiro atoms. The molecular weight excluding hydrogens is 147 g/mol. The van der Waals surface area contributed by atoms with E-state index in [-0.39, 0.29) is 0 Å². The summed E-state index contributed by atoms with van der Waals surface area (Å²) in [6, 6.07) is 0.